The van der Waals surface area contributed by atoms with Crippen LogP contribution in [0.1, 0.15) is 44.5 Å². The number of thiophene rings is 1. The summed E-state index contributed by atoms with van der Waals surface area (Å²) in [5, 5.41) is 2.62. The van der Waals surface area contributed by atoms with Gasteiger partial charge in [-0.05, 0) is 143 Å². The van der Waals surface area contributed by atoms with Gasteiger partial charge in [-0.15, -0.1) is 11.3 Å². The van der Waals surface area contributed by atoms with Gasteiger partial charge < -0.3 is 4.90 Å². The second kappa shape index (κ2) is 14.0. The standard InChI is InChI=1S/C68H41NS/c1-8-28-57-47(19-1)48-20-2-9-29-58(48)67(57)61-32-12-5-23-51(61)53-37-35-44(40-63(53)67)69(43-18-15-17-42(39-43)46-26-16-27-56-55-25-7-14-34-65(55)70-66(46)56)45-36-38-54-52-24-6-13-33-62(52)68(64(54)41-45)59-30-10-3-21-49(59)50-22-4-11-31-60(50)68/h1-41H. The lowest BCUT2D eigenvalue weighted by atomic mass is 9.70. The summed E-state index contributed by atoms with van der Waals surface area (Å²) in [4.78, 5) is 2.54. The van der Waals surface area contributed by atoms with Crippen LogP contribution in [0.2, 0.25) is 0 Å². The summed E-state index contributed by atoms with van der Waals surface area (Å²) in [6, 6.07) is 94.3. The van der Waals surface area contributed by atoms with Gasteiger partial charge in [-0.2, -0.15) is 0 Å². The Labute approximate surface area is 410 Å². The number of anilines is 3. The van der Waals surface area contributed by atoms with Gasteiger partial charge in [0, 0.05) is 37.2 Å². The molecule has 0 amide bonds. The topological polar surface area (TPSA) is 3.24 Å². The summed E-state index contributed by atoms with van der Waals surface area (Å²) >= 11 is 1.89. The van der Waals surface area contributed by atoms with Crippen molar-refractivity contribution in [3.05, 3.63) is 293 Å². The van der Waals surface area contributed by atoms with E-state index in [-0.39, 0.29) is 0 Å². The Kier molecular flexibility index (Phi) is 7.69. The van der Waals surface area contributed by atoms with Crippen LogP contribution < -0.4 is 4.90 Å². The molecule has 1 heterocycles. The van der Waals surface area contributed by atoms with Gasteiger partial charge in [0.15, 0.2) is 0 Å². The Hall–Kier alpha value is -8.56. The number of fused-ring (bicyclic) bond motifs is 23. The van der Waals surface area contributed by atoms with E-state index in [2.05, 4.69) is 254 Å². The highest BCUT2D eigenvalue weighted by Gasteiger charge is 2.53. The molecule has 2 heteroatoms. The van der Waals surface area contributed by atoms with E-state index in [0.717, 1.165) is 17.1 Å². The van der Waals surface area contributed by atoms with E-state index in [4.69, 9.17) is 0 Å². The minimum absolute atomic E-state index is 0.472. The lowest BCUT2D eigenvalue weighted by molar-refractivity contribution is 0.792. The predicted octanol–water partition coefficient (Wildman–Crippen LogP) is 17.9. The molecule has 16 rings (SSSR count). The Balaban J connectivity index is 0.972. The summed E-state index contributed by atoms with van der Waals surface area (Å²) in [5.41, 5.74) is 26.0. The highest BCUT2D eigenvalue weighted by atomic mass is 32.1. The molecule has 324 valence electrons. The zero-order chi connectivity index (χ0) is 45.7. The highest BCUT2D eigenvalue weighted by molar-refractivity contribution is 7.26. The molecule has 4 aliphatic rings. The van der Waals surface area contributed by atoms with E-state index in [1.165, 1.54) is 120 Å². The van der Waals surface area contributed by atoms with Crippen molar-refractivity contribution in [2.24, 2.45) is 0 Å². The first-order chi connectivity index (χ1) is 34.7. The fourth-order valence-corrected chi connectivity index (χ4v) is 14.9. The van der Waals surface area contributed by atoms with E-state index < -0.39 is 10.8 Å². The molecule has 0 saturated carbocycles. The second-order valence-corrected chi connectivity index (χ2v) is 20.5. The second-order valence-electron chi connectivity index (χ2n) is 19.4. The van der Waals surface area contributed by atoms with Gasteiger partial charge in [0.25, 0.3) is 0 Å². The van der Waals surface area contributed by atoms with Crippen molar-refractivity contribution in [2.75, 3.05) is 4.90 Å². The average Bonchev–Trinajstić information content (AvgIpc) is 4.20. The molecule has 0 atom stereocenters. The van der Waals surface area contributed by atoms with Crippen molar-refractivity contribution in [3.8, 4) is 55.6 Å². The van der Waals surface area contributed by atoms with Crippen LogP contribution in [0, 0.1) is 0 Å². The third kappa shape index (κ3) is 4.76. The van der Waals surface area contributed by atoms with Crippen LogP contribution in [0.4, 0.5) is 17.1 Å². The van der Waals surface area contributed by atoms with Gasteiger partial charge >= 0.3 is 0 Å². The van der Waals surface area contributed by atoms with Crippen molar-refractivity contribution in [1.29, 1.82) is 0 Å². The summed E-state index contributed by atoms with van der Waals surface area (Å²) in [7, 11) is 0. The predicted molar refractivity (Wildman–Crippen MR) is 292 cm³/mol. The number of benzene rings is 11. The fourth-order valence-electron chi connectivity index (χ4n) is 13.7. The molecular weight excluding hydrogens is 863 g/mol. The molecule has 1 nitrogen and oxygen atoms in total. The Morgan fingerprint density at radius 2 is 0.614 bits per heavy atom. The minimum Gasteiger partial charge on any atom is -0.310 e. The smallest absolute Gasteiger partial charge is 0.0726 e. The molecule has 4 aliphatic carbocycles. The van der Waals surface area contributed by atoms with E-state index in [0.29, 0.717) is 0 Å². The lowest BCUT2D eigenvalue weighted by Crippen LogP contribution is -2.26. The van der Waals surface area contributed by atoms with Crippen LogP contribution in [0.25, 0.3) is 75.8 Å². The van der Waals surface area contributed by atoms with Crippen molar-refractivity contribution < 1.29 is 0 Å². The molecule has 70 heavy (non-hydrogen) atoms. The monoisotopic (exact) mass is 903 g/mol. The first-order valence-corrected chi connectivity index (χ1v) is 25.2. The first-order valence-electron chi connectivity index (χ1n) is 24.4. The number of hydrogen-bond donors (Lipinski definition) is 0. The zero-order valence-electron chi connectivity index (χ0n) is 38.0. The Morgan fingerprint density at radius 3 is 1.09 bits per heavy atom. The summed E-state index contributed by atoms with van der Waals surface area (Å²) in [5.74, 6) is 0. The van der Waals surface area contributed by atoms with E-state index >= 15 is 0 Å². The third-order valence-electron chi connectivity index (χ3n) is 16.3. The SMILES string of the molecule is c1cc(-c2cccc3c2sc2ccccc23)cc(N(c2ccc3c(c2)C2(c4ccccc4-c4ccccc42)c2ccccc2-3)c2ccc3c(c2)C2(c4ccccc4-c4ccccc42)c2ccccc2-3)c1. The van der Waals surface area contributed by atoms with Crippen molar-refractivity contribution in [1.82, 2.24) is 0 Å². The van der Waals surface area contributed by atoms with Gasteiger partial charge in [0.2, 0.25) is 0 Å². The molecule has 1 aromatic heterocycles. The van der Waals surface area contributed by atoms with Crippen molar-refractivity contribution in [3.63, 3.8) is 0 Å². The van der Waals surface area contributed by atoms with E-state index in [1.807, 2.05) is 11.3 Å². The summed E-state index contributed by atoms with van der Waals surface area (Å²) in [6.07, 6.45) is 0. The maximum absolute atomic E-state index is 2.54. The summed E-state index contributed by atoms with van der Waals surface area (Å²) in [6.45, 7) is 0. The zero-order valence-corrected chi connectivity index (χ0v) is 38.8. The van der Waals surface area contributed by atoms with Gasteiger partial charge in [0.1, 0.15) is 0 Å². The molecule has 11 aromatic carbocycles. The normalized spacial score (nSPS) is 14.2. The largest absolute Gasteiger partial charge is 0.310 e. The third-order valence-corrected chi connectivity index (χ3v) is 17.5. The van der Waals surface area contributed by atoms with Gasteiger partial charge in [-0.3, -0.25) is 0 Å². The molecule has 0 unspecified atom stereocenters. The number of hydrogen-bond acceptors (Lipinski definition) is 2. The van der Waals surface area contributed by atoms with Crippen LogP contribution >= 0.6 is 11.3 Å². The molecule has 0 bridgehead atoms. The Bertz CT molecular complexity index is 3900. The van der Waals surface area contributed by atoms with Gasteiger partial charge in [-0.1, -0.05) is 206 Å². The van der Waals surface area contributed by atoms with Crippen molar-refractivity contribution >= 4 is 48.6 Å². The van der Waals surface area contributed by atoms with Crippen molar-refractivity contribution in [2.45, 2.75) is 10.8 Å². The Morgan fingerprint density at radius 1 is 0.257 bits per heavy atom. The molecule has 0 fully saturated rings. The van der Waals surface area contributed by atoms with Gasteiger partial charge in [-0.25, -0.2) is 0 Å². The lowest BCUT2D eigenvalue weighted by Gasteiger charge is -2.33. The number of rotatable bonds is 4. The maximum Gasteiger partial charge on any atom is 0.0726 e. The average molecular weight is 904 g/mol. The van der Waals surface area contributed by atoms with Crippen LogP contribution in [0.15, 0.2) is 249 Å². The molecule has 0 radical (unpaired) electrons. The van der Waals surface area contributed by atoms with Crippen LogP contribution in [-0.4, -0.2) is 0 Å². The first kappa shape index (κ1) is 38.4. The quantitative estimate of drug-likeness (QED) is 0.170. The molecular formula is C68H41NS. The number of nitrogens with zero attached hydrogens (tertiary/aromatic N) is 1. The maximum atomic E-state index is 2.54. The highest BCUT2D eigenvalue weighted by Crippen LogP contribution is 2.65. The molecule has 0 aliphatic heterocycles. The van der Waals surface area contributed by atoms with Crippen LogP contribution in [0.5, 0.6) is 0 Å². The van der Waals surface area contributed by atoms with Crippen LogP contribution in [0.3, 0.4) is 0 Å². The van der Waals surface area contributed by atoms with Gasteiger partial charge in [0.05, 0.1) is 10.8 Å². The molecule has 2 spiro atoms. The summed E-state index contributed by atoms with van der Waals surface area (Å²) < 4.78 is 2.63. The molecule has 0 N–H and O–H groups in total. The molecule has 12 aromatic rings. The van der Waals surface area contributed by atoms with E-state index in [9.17, 15) is 0 Å². The molecule has 0 saturated heterocycles. The minimum atomic E-state index is -0.472. The fraction of sp³-hybridized carbons (Fsp3) is 0.0294. The van der Waals surface area contributed by atoms with Crippen LogP contribution in [-0.2, 0) is 10.8 Å². The van der Waals surface area contributed by atoms with E-state index in [1.54, 1.807) is 0 Å².